The molecule has 1 amide bonds. The van der Waals surface area contributed by atoms with Crippen LogP contribution in [0.25, 0.3) is 0 Å². The summed E-state index contributed by atoms with van der Waals surface area (Å²) in [5, 5.41) is 17.1. The van der Waals surface area contributed by atoms with Crippen LogP contribution in [-0.4, -0.2) is 50.9 Å². The average molecular weight is 426 g/mol. The maximum atomic E-state index is 12.8. The summed E-state index contributed by atoms with van der Waals surface area (Å²) in [5.74, 6) is 1.45. The molecule has 0 aliphatic carbocycles. The highest BCUT2D eigenvalue weighted by Gasteiger charge is 2.52. The molecule has 4 atom stereocenters. The highest BCUT2D eigenvalue weighted by molar-refractivity contribution is 5.76. The molecule has 2 saturated heterocycles. The molecule has 7 nitrogen and oxygen atoms in total. The van der Waals surface area contributed by atoms with Crippen molar-refractivity contribution in [1.82, 2.24) is 15.1 Å². The molecule has 3 aliphatic rings. The lowest BCUT2D eigenvalue weighted by Crippen LogP contribution is -2.56. The van der Waals surface area contributed by atoms with Gasteiger partial charge in [0.05, 0.1) is 18.4 Å². The number of carbonyl (C=O) groups is 1. The number of phenols is 1. The maximum absolute atomic E-state index is 12.8. The predicted molar refractivity (Wildman–Crippen MR) is 115 cm³/mol. The Labute approximate surface area is 182 Å². The van der Waals surface area contributed by atoms with Gasteiger partial charge in [-0.25, -0.2) is 0 Å². The first-order valence-corrected chi connectivity index (χ1v) is 11.3. The zero-order valence-corrected chi connectivity index (χ0v) is 18.2. The third-order valence-electron chi connectivity index (χ3n) is 7.26. The monoisotopic (exact) mass is 425 g/mol. The number of nitrogens with zero attached hydrogens (tertiary/aromatic N) is 2. The number of H-pyrrole nitrogens is 1. The number of likely N-dealkylation sites (tertiary alicyclic amines) is 1. The van der Waals surface area contributed by atoms with Crippen molar-refractivity contribution in [2.24, 2.45) is 11.8 Å². The normalized spacial score (nSPS) is 28.8. The van der Waals surface area contributed by atoms with Crippen LogP contribution >= 0.6 is 0 Å². The molecule has 2 N–H and O–H groups in total. The molecule has 0 saturated carbocycles. The number of phenolic OH excluding ortho intramolecular Hbond substituents is 1. The molecule has 2 fully saturated rings. The Hall–Kier alpha value is -2.54. The fraction of sp³-hybridized carbons (Fsp3) is 0.583. The number of aryl methyl sites for hydroxylation is 1. The molecule has 0 unspecified atom stereocenters. The van der Waals surface area contributed by atoms with Crippen molar-refractivity contribution in [2.45, 2.75) is 63.8 Å². The van der Waals surface area contributed by atoms with Gasteiger partial charge in [0.25, 0.3) is 0 Å². The van der Waals surface area contributed by atoms with Crippen LogP contribution in [0, 0.1) is 11.8 Å². The van der Waals surface area contributed by atoms with Crippen molar-refractivity contribution in [3.63, 3.8) is 0 Å². The van der Waals surface area contributed by atoms with Crippen molar-refractivity contribution < 1.29 is 19.4 Å². The molecule has 3 aliphatic heterocycles. The molecule has 4 heterocycles. The van der Waals surface area contributed by atoms with Crippen LogP contribution in [0.4, 0.5) is 0 Å². The first-order chi connectivity index (χ1) is 14.9. The van der Waals surface area contributed by atoms with Crippen molar-refractivity contribution in [3.05, 3.63) is 41.7 Å². The molecule has 1 aromatic heterocycles. The number of carbonyl (C=O) groups excluding carboxylic acids is 1. The van der Waals surface area contributed by atoms with E-state index in [0.29, 0.717) is 18.1 Å². The van der Waals surface area contributed by atoms with E-state index in [1.165, 1.54) is 0 Å². The van der Waals surface area contributed by atoms with Crippen LogP contribution in [-0.2, 0) is 16.0 Å². The summed E-state index contributed by atoms with van der Waals surface area (Å²) in [4.78, 5) is 14.8. The minimum absolute atomic E-state index is 0.0793. The minimum Gasteiger partial charge on any atom is -0.504 e. The zero-order chi connectivity index (χ0) is 21.6. The number of nitrogens with one attached hydrogen (secondary N) is 1. The van der Waals surface area contributed by atoms with Crippen molar-refractivity contribution in [3.8, 4) is 11.5 Å². The fourth-order valence-electron chi connectivity index (χ4n) is 5.55. The third-order valence-corrected chi connectivity index (χ3v) is 7.26. The lowest BCUT2D eigenvalue weighted by molar-refractivity contribution is -0.189. The number of fused-ring (bicyclic) bond motifs is 4. The van der Waals surface area contributed by atoms with Gasteiger partial charge in [-0.3, -0.25) is 9.89 Å². The van der Waals surface area contributed by atoms with E-state index in [0.717, 1.165) is 49.9 Å². The Bertz CT molecular complexity index is 942. The smallest absolute Gasteiger partial charge is 0.222 e. The topological polar surface area (TPSA) is 87.7 Å². The second kappa shape index (κ2) is 7.86. The van der Waals surface area contributed by atoms with Gasteiger partial charge in [-0.2, -0.15) is 5.10 Å². The Kier molecular flexibility index (Phi) is 5.16. The van der Waals surface area contributed by atoms with E-state index in [2.05, 4.69) is 24.0 Å². The quantitative estimate of drug-likeness (QED) is 0.781. The number of aromatic nitrogens is 2. The van der Waals surface area contributed by atoms with Crippen molar-refractivity contribution in [2.75, 3.05) is 13.1 Å². The van der Waals surface area contributed by atoms with Gasteiger partial charge in [-0.05, 0) is 51.2 Å². The Balaban J connectivity index is 1.25. The zero-order valence-electron chi connectivity index (χ0n) is 18.2. The van der Waals surface area contributed by atoms with Gasteiger partial charge in [0.15, 0.2) is 11.5 Å². The highest BCUT2D eigenvalue weighted by Crippen LogP contribution is 2.54. The van der Waals surface area contributed by atoms with Gasteiger partial charge < -0.3 is 19.5 Å². The number of hydrogen-bond acceptors (Lipinski definition) is 5. The Morgan fingerprint density at radius 3 is 3.06 bits per heavy atom. The Morgan fingerprint density at radius 2 is 2.26 bits per heavy atom. The molecule has 7 heteroatoms. The van der Waals surface area contributed by atoms with Gasteiger partial charge in [0, 0.05) is 43.1 Å². The van der Waals surface area contributed by atoms with Gasteiger partial charge in [-0.15, -0.1) is 0 Å². The number of rotatable bonds is 4. The first-order valence-electron chi connectivity index (χ1n) is 11.3. The summed E-state index contributed by atoms with van der Waals surface area (Å²) >= 11 is 0. The average Bonchev–Trinajstić information content (AvgIpc) is 3.26. The molecular weight excluding hydrogens is 394 g/mol. The molecule has 1 aromatic carbocycles. The molecule has 31 heavy (non-hydrogen) atoms. The van der Waals surface area contributed by atoms with Gasteiger partial charge in [0.1, 0.15) is 5.60 Å². The fourth-order valence-corrected chi connectivity index (χ4v) is 5.55. The number of piperidine rings is 1. The SMILES string of the molecule is CC1(C)Oc2c(O)cccc2[C@@H]2O[C@@H]3CCN(C(=O)CCCc4cn[nH]c4)C[C@H]3C[C@H]21. The lowest BCUT2D eigenvalue weighted by atomic mass is 9.70. The third kappa shape index (κ3) is 3.80. The standard InChI is InChI=1S/C24H31N3O4/c1-24(2)18-11-16-14-27(21(29)8-3-5-15-12-25-26-13-15)10-9-20(16)30-22(18)17-6-4-7-19(28)23(17)31-24/h4,6-7,12-13,16,18,20,22,28H,3,5,8-11,14H2,1-2H3,(H,25,26)/t16-,18-,20-,22+/m1/s1. The van der Waals surface area contributed by atoms with Gasteiger partial charge >= 0.3 is 0 Å². The predicted octanol–water partition coefficient (Wildman–Crippen LogP) is 3.60. The van der Waals surface area contributed by atoms with Gasteiger partial charge in [0.2, 0.25) is 5.91 Å². The van der Waals surface area contributed by atoms with E-state index in [-0.39, 0.29) is 29.8 Å². The van der Waals surface area contributed by atoms with Crippen LogP contribution < -0.4 is 4.74 Å². The van der Waals surface area contributed by atoms with Crippen LogP contribution in [0.15, 0.2) is 30.6 Å². The number of benzene rings is 1. The van der Waals surface area contributed by atoms with E-state index >= 15 is 0 Å². The molecule has 2 aromatic rings. The van der Waals surface area contributed by atoms with Crippen molar-refractivity contribution >= 4 is 5.91 Å². The van der Waals surface area contributed by atoms with Crippen molar-refractivity contribution in [1.29, 1.82) is 0 Å². The van der Waals surface area contributed by atoms with Crippen LogP contribution in [0.3, 0.4) is 0 Å². The number of aromatic amines is 1. The lowest BCUT2D eigenvalue weighted by Gasteiger charge is -2.53. The first kappa shape index (κ1) is 20.4. The van der Waals surface area contributed by atoms with Crippen LogP contribution in [0.2, 0.25) is 0 Å². The van der Waals surface area contributed by atoms with E-state index in [1.54, 1.807) is 6.07 Å². The van der Waals surface area contributed by atoms with Gasteiger partial charge in [-0.1, -0.05) is 12.1 Å². The Morgan fingerprint density at radius 1 is 1.39 bits per heavy atom. The summed E-state index contributed by atoms with van der Waals surface area (Å²) in [7, 11) is 0. The molecular formula is C24H31N3O4. The van der Waals surface area contributed by atoms with E-state index < -0.39 is 5.60 Å². The summed E-state index contributed by atoms with van der Waals surface area (Å²) < 4.78 is 12.9. The number of hydrogen-bond donors (Lipinski definition) is 2. The maximum Gasteiger partial charge on any atom is 0.222 e. The molecule has 5 rings (SSSR count). The summed E-state index contributed by atoms with van der Waals surface area (Å²) in [6, 6.07) is 5.52. The summed E-state index contributed by atoms with van der Waals surface area (Å²) in [6.07, 6.45) is 7.85. The molecule has 0 radical (unpaired) electrons. The summed E-state index contributed by atoms with van der Waals surface area (Å²) in [5.41, 5.74) is 1.64. The molecule has 166 valence electrons. The minimum atomic E-state index is -0.446. The number of para-hydroxylation sites is 1. The van der Waals surface area contributed by atoms with E-state index in [4.69, 9.17) is 9.47 Å². The number of amides is 1. The second-order valence-corrected chi connectivity index (χ2v) is 9.69. The second-order valence-electron chi connectivity index (χ2n) is 9.69. The van der Waals surface area contributed by atoms with E-state index in [9.17, 15) is 9.90 Å². The number of aromatic hydroxyl groups is 1. The highest BCUT2D eigenvalue weighted by atomic mass is 16.5. The number of ether oxygens (including phenoxy) is 2. The molecule has 0 bridgehead atoms. The van der Waals surface area contributed by atoms with Crippen LogP contribution in [0.1, 0.15) is 56.8 Å². The van der Waals surface area contributed by atoms with Crippen LogP contribution in [0.5, 0.6) is 11.5 Å². The largest absolute Gasteiger partial charge is 0.504 e. The summed E-state index contributed by atoms with van der Waals surface area (Å²) in [6.45, 7) is 5.65. The molecule has 0 spiro atoms. The van der Waals surface area contributed by atoms with E-state index in [1.807, 2.05) is 29.4 Å².